The number of likely N-dealkylation sites (tertiary alicyclic amines) is 1. The minimum Gasteiger partial charge on any atom is -0.334 e. The molecule has 8 heteroatoms. The topological polar surface area (TPSA) is 82.0 Å². The zero-order valence-corrected chi connectivity index (χ0v) is 17.4. The summed E-state index contributed by atoms with van der Waals surface area (Å²) in [6.45, 7) is 0.654. The van der Waals surface area contributed by atoms with Crippen LogP contribution in [0.4, 0.5) is 4.39 Å². The third-order valence-corrected chi connectivity index (χ3v) is 7.10. The number of aryl methyl sites for hydroxylation is 2. The van der Waals surface area contributed by atoms with Crippen LogP contribution in [-0.2, 0) is 14.1 Å². The van der Waals surface area contributed by atoms with E-state index in [1.54, 1.807) is 23.9 Å². The molecule has 2 bridgehead atoms. The summed E-state index contributed by atoms with van der Waals surface area (Å²) >= 11 is 0. The van der Waals surface area contributed by atoms with E-state index in [4.69, 9.17) is 10.7 Å². The molecule has 1 amide bonds. The van der Waals surface area contributed by atoms with Crippen molar-refractivity contribution in [3.8, 4) is 11.5 Å². The number of carbonyl (C=O) groups excluding carboxylic acids is 1. The maximum atomic E-state index is 15.2. The highest BCUT2D eigenvalue weighted by molar-refractivity contribution is 5.98. The molecule has 7 nitrogen and oxygen atoms in total. The smallest absolute Gasteiger partial charge is 0.254 e. The second kappa shape index (κ2) is 6.37. The number of rotatable bonds is 2. The molecule has 3 aromatic heterocycles. The van der Waals surface area contributed by atoms with Gasteiger partial charge in [-0.3, -0.25) is 4.79 Å². The van der Waals surface area contributed by atoms with Gasteiger partial charge in [-0.15, -0.1) is 0 Å². The molecule has 1 aliphatic heterocycles. The fourth-order valence-corrected chi connectivity index (χ4v) is 5.47. The summed E-state index contributed by atoms with van der Waals surface area (Å²) in [5, 5.41) is 0.990. The number of amides is 1. The van der Waals surface area contributed by atoms with Crippen molar-refractivity contribution in [1.29, 1.82) is 0 Å². The molecule has 1 saturated heterocycles. The standard InChI is InChI=1S/C23H23FN6O/c1-28-18(10-12-4-3-7-26-21(12)28)22-27-16-9-14(8-15(24)20(16)29(22)2)23(31)30-11-13-5-6-17(30)19(13)25/h3-4,7-10,13,17,19H,5-6,11,25H2,1-2H3/t13-,17-,19-/m1/s1. The van der Waals surface area contributed by atoms with Gasteiger partial charge < -0.3 is 19.8 Å². The van der Waals surface area contributed by atoms with Gasteiger partial charge in [0.05, 0.1) is 11.2 Å². The van der Waals surface area contributed by atoms with E-state index in [9.17, 15) is 4.79 Å². The van der Waals surface area contributed by atoms with Crippen LogP contribution in [0.2, 0.25) is 0 Å². The minimum atomic E-state index is -0.451. The van der Waals surface area contributed by atoms with Crippen molar-refractivity contribution >= 4 is 28.0 Å². The fourth-order valence-electron chi connectivity index (χ4n) is 5.47. The highest BCUT2D eigenvalue weighted by Gasteiger charge is 2.46. The average molecular weight is 418 g/mol. The first-order chi connectivity index (χ1) is 14.9. The van der Waals surface area contributed by atoms with Crippen molar-refractivity contribution < 1.29 is 9.18 Å². The molecule has 1 saturated carbocycles. The fraction of sp³-hybridized carbons (Fsp3) is 0.348. The number of pyridine rings is 1. The Morgan fingerprint density at radius 3 is 2.74 bits per heavy atom. The number of hydrogen-bond donors (Lipinski definition) is 1. The molecule has 0 radical (unpaired) electrons. The van der Waals surface area contributed by atoms with Gasteiger partial charge in [-0.1, -0.05) is 0 Å². The second-order valence-electron chi connectivity index (χ2n) is 8.76. The quantitative estimate of drug-likeness (QED) is 0.543. The molecule has 4 aromatic rings. The normalized spacial score (nSPS) is 22.8. The van der Waals surface area contributed by atoms with Crippen LogP contribution < -0.4 is 5.73 Å². The molecule has 158 valence electrons. The van der Waals surface area contributed by atoms with Gasteiger partial charge in [0.25, 0.3) is 5.91 Å². The predicted octanol–water partition coefficient (Wildman–Crippen LogP) is 2.83. The van der Waals surface area contributed by atoms with Crippen LogP contribution in [0.15, 0.2) is 36.5 Å². The van der Waals surface area contributed by atoms with Gasteiger partial charge in [0.15, 0.2) is 5.82 Å². The van der Waals surface area contributed by atoms with Crippen LogP contribution in [0.3, 0.4) is 0 Å². The van der Waals surface area contributed by atoms with Gasteiger partial charge in [-0.2, -0.15) is 0 Å². The van der Waals surface area contributed by atoms with E-state index < -0.39 is 5.82 Å². The van der Waals surface area contributed by atoms with Gasteiger partial charge >= 0.3 is 0 Å². The molecule has 0 spiro atoms. The van der Waals surface area contributed by atoms with E-state index in [0.717, 1.165) is 29.6 Å². The number of nitrogens with zero attached hydrogens (tertiary/aromatic N) is 5. The number of imidazole rings is 1. The van der Waals surface area contributed by atoms with E-state index in [-0.39, 0.29) is 18.0 Å². The Morgan fingerprint density at radius 2 is 2.03 bits per heavy atom. The predicted molar refractivity (Wildman–Crippen MR) is 116 cm³/mol. The van der Waals surface area contributed by atoms with E-state index in [1.165, 1.54) is 6.07 Å². The molecule has 2 aliphatic rings. The van der Waals surface area contributed by atoms with Crippen LogP contribution >= 0.6 is 0 Å². The lowest BCUT2D eigenvalue weighted by Gasteiger charge is -2.27. The van der Waals surface area contributed by atoms with Crippen LogP contribution in [0.25, 0.3) is 33.6 Å². The number of piperidine rings is 1. The summed E-state index contributed by atoms with van der Waals surface area (Å²) in [6.07, 6.45) is 3.73. The van der Waals surface area contributed by atoms with Gasteiger partial charge in [0.2, 0.25) is 0 Å². The maximum absolute atomic E-state index is 15.2. The number of halogens is 1. The number of benzene rings is 1. The Balaban J connectivity index is 1.45. The van der Waals surface area contributed by atoms with Gasteiger partial charge in [-0.25, -0.2) is 14.4 Å². The third kappa shape index (κ3) is 2.51. The number of aromatic nitrogens is 4. The van der Waals surface area contributed by atoms with Crippen molar-refractivity contribution in [2.45, 2.75) is 24.9 Å². The Hall–Kier alpha value is -3.26. The average Bonchev–Trinajstić information content (AvgIpc) is 3.49. The summed E-state index contributed by atoms with van der Waals surface area (Å²) in [7, 11) is 3.71. The van der Waals surface area contributed by atoms with E-state index >= 15 is 4.39 Å². The Kier molecular flexibility index (Phi) is 3.80. The van der Waals surface area contributed by atoms with Gasteiger partial charge in [0.1, 0.15) is 17.0 Å². The van der Waals surface area contributed by atoms with Crippen LogP contribution in [0.5, 0.6) is 0 Å². The highest BCUT2D eigenvalue weighted by atomic mass is 19.1. The SMILES string of the molecule is Cn1c(-c2nc3cc(C(=O)N4C[C@H]5CC[C@@H]4[C@@H]5N)cc(F)c3n2C)cc2cccnc21. The molecule has 1 aromatic carbocycles. The van der Waals surface area contributed by atoms with E-state index in [2.05, 4.69) is 4.98 Å². The summed E-state index contributed by atoms with van der Waals surface area (Å²) in [5.74, 6) is 0.363. The maximum Gasteiger partial charge on any atom is 0.254 e. The number of nitrogens with two attached hydrogens (primary N) is 1. The molecule has 31 heavy (non-hydrogen) atoms. The lowest BCUT2D eigenvalue weighted by molar-refractivity contribution is 0.0700. The molecular formula is C23H23FN6O. The first-order valence-electron chi connectivity index (χ1n) is 10.6. The lowest BCUT2D eigenvalue weighted by Crippen LogP contribution is -2.41. The summed E-state index contributed by atoms with van der Waals surface area (Å²) < 4.78 is 18.9. The van der Waals surface area contributed by atoms with Crippen molar-refractivity contribution in [3.63, 3.8) is 0 Å². The molecular weight excluding hydrogens is 395 g/mol. The molecule has 6 rings (SSSR count). The molecule has 1 aliphatic carbocycles. The van der Waals surface area contributed by atoms with Crippen LogP contribution in [-0.4, -0.2) is 48.5 Å². The van der Waals surface area contributed by atoms with Crippen molar-refractivity contribution in [2.24, 2.45) is 25.7 Å². The summed E-state index contributed by atoms with van der Waals surface area (Å²) in [4.78, 5) is 24.1. The lowest BCUT2D eigenvalue weighted by atomic mass is 10.1. The van der Waals surface area contributed by atoms with Gasteiger partial charge in [-0.05, 0) is 49.1 Å². The summed E-state index contributed by atoms with van der Waals surface area (Å²) in [5.41, 5.74) is 9.10. The Labute approximate surface area is 178 Å². The molecule has 0 unspecified atom stereocenters. The molecule has 2 N–H and O–H groups in total. The Morgan fingerprint density at radius 1 is 1.19 bits per heavy atom. The monoisotopic (exact) mass is 418 g/mol. The number of hydrogen-bond acceptors (Lipinski definition) is 4. The first kappa shape index (κ1) is 18.5. The second-order valence-corrected chi connectivity index (χ2v) is 8.76. The van der Waals surface area contributed by atoms with Crippen LogP contribution in [0, 0.1) is 11.7 Å². The molecule has 4 heterocycles. The van der Waals surface area contributed by atoms with Crippen LogP contribution in [0.1, 0.15) is 23.2 Å². The number of carbonyl (C=O) groups is 1. The molecule has 3 atom stereocenters. The van der Waals surface area contributed by atoms with E-state index in [1.807, 2.05) is 34.7 Å². The summed E-state index contributed by atoms with van der Waals surface area (Å²) in [6, 6.07) is 8.98. The zero-order valence-electron chi connectivity index (χ0n) is 17.4. The Bertz CT molecular complexity index is 1370. The third-order valence-electron chi connectivity index (χ3n) is 7.10. The van der Waals surface area contributed by atoms with Crippen molar-refractivity contribution in [3.05, 3.63) is 47.9 Å². The number of fused-ring (bicyclic) bond motifs is 4. The van der Waals surface area contributed by atoms with Gasteiger partial charge in [0, 0.05) is 49.9 Å². The van der Waals surface area contributed by atoms with E-state index in [0.29, 0.717) is 34.9 Å². The first-order valence-corrected chi connectivity index (χ1v) is 10.6. The van der Waals surface area contributed by atoms with Crippen molar-refractivity contribution in [2.75, 3.05) is 6.54 Å². The largest absolute Gasteiger partial charge is 0.334 e. The zero-order chi connectivity index (χ0) is 21.4. The van der Waals surface area contributed by atoms with Crippen molar-refractivity contribution in [1.82, 2.24) is 24.0 Å². The molecule has 2 fully saturated rings. The minimum absolute atomic E-state index is 0.0269. The highest BCUT2D eigenvalue weighted by Crippen LogP contribution is 2.38.